The number of hydrogen-bond donors (Lipinski definition) is 2. The highest BCUT2D eigenvalue weighted by Crippen LogP contribution is 2.25. The first-order valence-corrected chi connectivity index (χ1v) is 8.53. The zero-order valence-electron chi connectivity index (χ0n) is 10.7. The number of aliphatic hydroxyl groups is 1. The van der Waals surface area contributed by atoms with Crippen LogP contribution in [0.4, 0.5) is 5.69 Å². The second-order valence-corrected chi connectivity index (χ2v) is 7.60. The number of anilines is 1. The van der Waals surface area contributed by atoms with Gasteiger partial charge in [0, 0.05) is 37.2 Å². The summed E-state index contributed by atoms with van der Waals surface area (Å²) in [5, 5.41) is 10.6. The van der Waals surface area contributed by atoms with E-state index in [2.05, 4.69) is 4.90 Å². The van der Waals surface area contributed by atoms with Crippen LogP contribution in [0.2, 0.25) is 0 Å². The maximum absolute atomic E-state index is 12.4. The molecule has 0 unspecified atom stereocenters. The first-order chi connectivity index (χ1) is 9.04. The minimum atomic E-state index is -3.42. The van der Waals surface area contributed by atoms with Gasteiger partial charge in [-0.2, -0.15) is 4.31 Å². The molecule has 2 heterocycles. The summed E-state index contributed by atoms with van der Waals surface area (Å²) in [4.78, 5) is 2.08. The fourth-order valence-electron chi connectivity index (χ4n) is 2.15. The number of rotatable bonds is 4. The molecule has 1 fully saturated rings. The molecule has 0 radical (unpaired) electrons. The number of thiophene rings is 1. The van der Waals surface area contributed by atoms with Crippen LogP contribution in [0.15, 0.2) is 15.7 Å². The van der Waals surface area contributed by atoms with E-state index in [1.54, 1.807) is 5.38 Å². The molecule has 0 aromatic carbocycles. The van der Waals surface area contributed by atoms with Gasteiger partial charge in [0.05, 0.1) is 6.61 Å². The van der Waals surface area contributed by atoms with Gasteiger partial charge in [-0.05, 0) is 19.0 Å². The van der Waals surface area contributed by atoms with E-state index < -0.39 is 10.0 Å². The zero-order valence-corrected chi connectivity index (χ0v) is 12.3. The van der Waals surface area contributed by atoms with Gasteiger partial charge in [0.25, 0.3) is 10.0 Å². The first kappa shape index (κ1) is 14.7. The Bertz CT molecular complexity index is 515. The van der Waals surface area contributed by atoms with Crippen LogP contribution in [0, 0.1) is 0 Å². The standard InChI is InChI=1S/C11H19N3O3S2/c12-10-8-11(18-9-10)19(16,17)14-3-1-2-13(4-5-14)6-7-15/h8-9,15H,1-7,12H2. The van der Waals surface area contributed by atoms with Crippen molar-refractivity contribution in [1.29, 1.82) is 0 Å². The summed E-state index contributed by atoms with van der Waals surface area (Å²) in [6.07, 6.45) is 0.778. The SMILES string of the molecule is Nc1csc(S(=O)(=O)N2CCCN(CCO)CC2)c1. The molecule has 0 amide bonds. The lowest BCUT2D eigenvalue weighted by molar-refractivity contribution is 0.202. The molecule has 0 aliphatic carbocycles. The summed E-state index contributed by atoms with van der Waals surface area (Å²) in [5.74, 6) is 0. The van der Waals surface area contributed by atoms with E-state index in [-0.39, 0.29) is 6.61 Å². The van der Waals surface area contributed by atoms with E-state index in [0.29, 0.717) is 36.1 Å². The van der Waals surface area contributed by atoms with Gasteiger partial charge in [-0.3, -0.25) is 4.90 Å². The van der Waals surface area contributed by atoms with Crippen molar-refractivity contribution in [3.63, 3.8) is 0 Å². The van der Waals surface area contributed by atoms with Crippen molar-refractivity contribution in [2.75, 3.05) is 45.1 Å². The quantitative estimate of drug-likeness (QED) is 0.819. The highest BCUT2D eigenvalue weighted by molar-refractivity contribution is 7.91. The van der Waals surface area contributed by atoms with Crippen molar-refractivity contribution >= 4 is 27.0 Å². The average Bonchev–Trinajstić information content (AvgIpc) is 2.66. The number of nitrogen functional groups attached to an aromatic ring is 1. The minimum absolute atomic E-state index is 0.105. The summed E-state index contributed by atoms with van der Waals surface area (Å²) in [6, 6.07) is 1.51. The molecular formula is C11H19N3O3S2. The monoisotopic (exact) mass is 305 g/mol. The Morgan fingerprint density at radius 1 is 1.32 bits per heavy atom. The molecule has 8 heteroatoms. The van der Waals surface area contributed by atoms with Gasteiger partial charge in [0.1, 0.15) is 4.21 Å². The summed E-state index contributed by atoms with van der Waals surface area (Å²) in [7, 11) is -3.42. The Morgan fingerprint density at radius 2 is 2.11 bits per heavy atom. The van der Waals surface area contributed by atoms with Gasteiger partial charge in [-0.1, -0.05) is 0 Å². The van der Waals surface area contributed by atoms with E-state index >= 15 is 0 Å². The average molecular weight is 305 g/mol. The van der Waals surface area contributed by atoms with Crippen molar-refractivity contribution in [2.24, 2.45) is 0 Å². The molecule has 3 N–H and O–H groups in total. The van der Waals surface area contributed by atoms with E-state index in [4.69, 9.17) is 10.8 Å². The maximum atomic E-state index is 12.4. The number of sulfonamides is 1. The fraction of sp³-hybridized carbons (Fsp3) is 0.636. The van der Waals surface area contributed by atoms with Gasteiger partial charge < -0.3 is 10.8 Å². The molecule has 1 aromatic heterocycles. The van der Waals surface area contributed by atoms with Gasteiger partial charge in [0.15, 0.2) is 0 Å². The summed E-state index contributed by atoms with van der Waals surface area (Å²) >= 11 is 1.16. The van der Waals surface area contributed by atoms with Crippen molar-refractivity contribution in [3.05, 3.63) is 11.4 Å². The van der Waals surface area contributed by atoms with Crippen LogP contribution >= 0.6 is 11.3 Å². The van der Waals surface area contributed by atoms with Crippen LogP contribution in [0.3, 0.4) is 0 Å². The molecule has 1 aliphatic heterocycles. The highest BCUT2D eigenvalue weighted by atomic mass is 32.2. The van der Waals surface area contributed by atoms with E-state index in [0.717, 1.165) is 24.3 Å². The minimum Gasteiger partial charge on any atom is -0.398 e. The molecule has 19 heavy (non-hydrogen) atoms. The van der Waals surface area contributed by atoms with Crippen molar-refractivity contribution in [1.82, 2.24) is 9.21 Å². The molecule has 0 bridgehead atoms. The molecule has 2 rings (SSSR count). The van der Waals surface area contributed by atoms with Gasteiger partial charge in [0.2, 0.25) is 0 Å². The maximum Gasteiger partial charge on any atom is 0.252 e. The molecule has 0 saturated carbocycles. The van der Waals surface area contributed by atoms with Gasteiger partial charge >= 0.3 is 0 Å². The van der Waals surface area contributed by atoms with Crippen LogP contribution in [-0.4, -0.2) is 62.1 Å². The third-order valence-corrected chi connectivity index (χ3v) is 6.49. The summed E-state index contributed by atoms with van der Waals surface area (Å²) in [5.41, 5.74) is 6.08. The lowest BCUT2D eigenvalue weighted by Crippen LogP contribution is -2.35. The molecule has 6 nitrogen and oxygen atoms in total. The number of nitrogens with zero attached hydrogens (tertiary/aromatic N) is 2. The summed E-state index contributed by atoms with van der Waals surface area (Å²) < 4.78 is 26.7. The highest BCUT2D eigenvalue weighted by Gasteiger charge is 2.27. The number of β-amino-alcohol motifs (C(OH)–C–C–N with tert-alkyl or cyclic N) is 1. The van der Waals surface area contributed by atoms with E-state index in [1.807, 2.05) is 0 Å². The van der Waals surface area contributed by atoms with Gasteiger partial charge in [-0.25, -0.2) is 8.42 Å². The largest absolute Gasteiger partial charge is 0.398 e. The van der Waals surface area contributed by atoms with Crippen LogP contribution in [0.25, 0.3) is 0 Å². The molecule has 0 spiro atoms. The molecule has 108 valence electrons. The van der Waals surface area contributed by atoms with Crippen molar-refractivity contribution in [2.45, 2.75) is 10.6 Å². The third kappa shape index (κ3) is 3.46. The Labute approximate surface area is 117 Å². The lowest BCUT2D eigenvalue weighted by Gasteiger charge is -2.20. The molecule has 0 atom stereocenters. The van der Waals surface area contributed by atoms with Crippen molar-refractivity contribution in [3.8, 4) is 0 Å². The van der Waals surface area contributed by atoms with E-state index in [9.17, 15) is 8.42 Å². The van der Waals surface area contributed by atoms with Gasteiger partial charge in [-0.15, -0.1) is 11.3 Å². The van der Waals surface area contributed by atoms with Crippen LogP contribution in [-0.2, 0) is 10.0 Å². The number of aliphatic hydroxyl groups excluding tert-OH is 1. The molecule has 1 aliphatic rings. The Morgan fingerprint density at radius 3 is 2.74 bits per heavy atom. The second kappa shape index (κ2) is 6.19. The predicted octanol–water partition coefficient (Wildman–Crippen LogP) is 0.0190. The molecule has 1 saturated heterocycles. The topological polar surface area (TPSA) is 86.9 Å². The Hall–Kier alpha value is -0.670. The smallest absolute Gasteiger partial charge is 0.252 e. The lowest BCUT2D eigenvalue weighted by atomic mass is 10.4. The van der Waals surface area contributed by atoms with Crippen LogP contribution < -0.4 is 5.73 Å². The third-order valence-electron chi connectivity index (χ3n) is 3.15. The predicted molar refractivity (Wildman–Crippen MR) is 75.6 cm³/mol. The Balaban J connectivity index is 2.09. The number of nitrogens with two attached hydrogens (primary N) is 1. The van der Waals surface area contributed by atoms with Crippen LogP contribution in [0.1, 0.15) is 6.42 Å². The zero-order chi connectivity index (χ0) is 13.9. The first-order valence-electron chi connectivity index (χ1n) is 6.21. The second-order valence-electron chi connectivity index (χ2n) is 4.52. The number of hydrogen-bond acceptors (Lipinski definition) is 6. The molecular weight excluding hydrogens is 286 g/mol. The normalized spacial score (nSPS) is 19.4. The Kier molecular flexibility index (Phi) is 4.80. The summed E-state index contributed by atoms with van der Waals surface area (Å²) in [6.45, 7) is 3.15. The molecule has 1 aromatic rings. The van der Waals surface area contributed by atoms with Crippen LogP contribution in [0.5, 0.6) is 0 Å². The van der Waals surface area contributed by atoms with Crippen molar-refractivity contribution < 1.29 is 13.5 Å². The fourth-order valence-corrected chi connectivity index (χ4v) is 4.85. The van der Waals surface area contributed by atoms with E-state index in [1.165, 1.54) is 10.4 Å².